The number of halogens is 2. The molecule has 1 unspecified atom stereocenters. The van der Waals surface area contributed by atoms with Gasteiger partial charge in [-0.1, -0.05) is 48.0 Å². The molecule has 0 aliphatic carbocycles. The second-order valence-electron chi connectivity index (χ2n) is 6.58. The van der Waals surface area contributed by atoms with Gasteiger partial charge in [-0.25, -0.2) is 12.8 Å². The van der Waals surface area contributed by atoms with Crippen molar-refractivity contribution in [1.29, 1.82) is 0 Å². The molecule has 0 spiro atoms. The van der Waals surface area contributed by atoms with Crippen molar-refractivity contribution in [3.8, 4) is 5.75 Å². The standard InChI is InChI=1S/C21H18ClFN2O3S/c1-28-15-11-9-14(10-12-15)13-25-21(16-5-4-6-17(22)20(16)23)24-18-7-2-3-8-19(18)29(25,26)27/h2-12,21,24H,13H2,1H3. The van der Waals surface area contributed by atoms with Crippen LogP contribution in [0.25, 0.3) is 0 Å². The number of ether oxygens (including phenoxy) is 1. The van der Waals surface area contributed by atoms with E-state index in [0.29, 0.717) is 11.4 Å². The Morgan fingerprint density at radius 3 is 2.52 bits per heavy atom. The van der Waals surface area contributed by atoms with Crippen molar-refractivity contribution in [2.75, 3.05) is 12.4 Å². The Hall–Kier alpha value is -2.61. The summed E-state index contributed by atoms with van der Waals surface area (Å²) in [6.07, 6.45) is -0.948. The van der Waals surface area contributed by atoms with Crippen LogP contribution in [0.5, 0.6) is 5.75 Å². The van der Waals surface area contributed by atoms with Crippen LogP contribution in [0.1, 0.15) is 17.3 Å². The van der Waals surface area contributed by atoms with Gasteiger partial charge in [0.25, 0.3) is 0 Å². The maximum absolute atomic E-state index is 14.8. The van der Waals surface area contributed by atoms with Crippen LogP contribution in [-0.2, 0) is 16.6 Å². The predicted octanol–water partition coefficient (Wildman–Crippen LogP) is 4.80. The molecule has 1 aliphatic rings. The summed E-state index contributed by atoms with van der Waals surface area (Å²) >= 11 is 5.96. The van der Waals surface area contributed by atoms with Crippen molar-refractivity contribution in [3.05, 3.63) is 88.7 Å². The topological polar surface area (TPSA) is 58.6 Å². The van der Waals surface area contributed by atoms with E-state index >= 15 is 0 Å². The number of benzene rings is 3. The number of anilines is 1. The Kier molecular flexibility index (Phi) is 5.21. The Balaban J connectivity index is 1.83. The Morgan fingerprint density at radius 2 is 1.79 bits per heavy atom. The van der Waals surface area contributed by atoms with Gasteiger partial charge in [0.05, 0.1) is 17.8 Å². The van der Waals surface area contributed by atoms with Crippen molar-refractivity contribution in [2.45, 2.75) is 17.6 Å². The van der Waals surface area contributed by atoms with Gasteiger partial charge >= 0.3 is 0 Å². The Labute approximate surface area is 173 Å². The van der Waals surface area contributed by atoms with Crippen LogP contribution >= 0.6 is 11.6 Å². The lowest BCUT2D eigenvalue weighted by Gasteiger charge is -2.37. The van der Waals surface area contributed by atoms with E-state index in [0.717, 1.165) is 5.56 Å². The van der Waals surface area contributed by atoms with Crippen LogP contribution in [0.2, 0.25) is 5.02 Å². The molecule has 3 aromatic rings. The summed E-state index contributed by atoms with van der Waals surface area (Å²) in [5, 5.41) is 3.09. The summed E-state index contributed by atoms with van der Waals surface area (Å²) in [6, 6.07) is 18.2. The molecule has 1 N–H and O–H groups in total. The first-order chi connectivity index (χ1) is 13.9. The lowest BCUT2D eigenvalue weighted by Crippen LogP contribution is -2.42. The molecular weight excluding hydrogens is 415 g/mol. The molecule has 1 heterocycles. The first kappa shape index (κ1) is 19.7. The molecule has 4 rings (SSSR count). The fourth-order valence-corrected chi connectivity index (χ4v) is 5.20. The van der Waals surface area contributed by atoms with Crippen LogP contribution < -0.4 is 10.1 Å². The van der Waals surface area contributed by atoms with Crippen LogP contribution in [-0.4, -0.2) is 19.8 Å². The quantitative estimate of drug-likeness (QED) is 0.643. The molecule has 1 atom stereocenters. The van der Waals surface area contributed by atoms with Crippen molar-refractivity contribution >= 4 is 27.3 Å². The zero-order valence-electron chi connectivity index (χ0n) is 15.5. The summed E-state index contributed by atoms with van der Waals surface area (Å²) in [5.74, 6) is 0.0112. The molecule has 150 valence electrons. The van der Waals surface area contributed by atoms with Gasteiger partial charge in [-0.15, -0.1) is 0 Å². The normalized spacial score (nSPS) is 18.0. The third-order valence-corrected chi connectivity index (χ3v) is 6.99. The average Bonchev–Trinajstić information content (AvgIpc) is 2.73. The van der Waals surface area contributed by atoms with Crippen molar-refractivity contribution in [1.82, 2.24) is 4.31 Å². The molecule has 29 heavy (non-hydrogen) atoms. The summed E-state index contributed by atoms with van der Waals surface area (Å²) in [5.41, 5.74) is 1.31. The predicted molar refractivity (Wildman–Crippen MR) is 110 cm³/mol. The SMILES string of the molecule is COc1ccc(CN2C(c3cccc(Cl)c3F)Nc3ccccc3S2(=O)=O)cc1. The molecule has 1 aliphatic heterocycles. The van der Waals surface area contributed by atoms with Gasteiger partial charge in [-0.3, -0.25) is 0 Å². The van der Waals surface area contributed by atoms with E-state index in [1.165, 1.54) is 22.5 Å². The minimum absolute atomic E-state index is 0.0459. The molecule has 0 radical (unpaired) electrons. The average molecular weight is 433 g/mol. The van der Waals surface area contributed by atoms with Crippen molar-refractivity contribution < 1.29 is 17.5 Å². The molecule has 8 heteroatoms. The van der Waals surface area contributed by atoms with Gasteiger partial charge in [0, 0.05) is 12.1 Å². The second kappa shape index (κ2) is 7.67. The minimum atomic E-state index is -3.89. The molecule has 3 aromatic carbocycles. The Morgan fingerprint density at radius 1 is 1.07 bits per heavy atom. The summed E-state index contributed by atoms with van der Waals surface area (Å²) in [4.78, 5) is 0.146. The maximum Gasteiger partial charge on any atom is 0.247 e. The number of nitrogens with zero attached hydrogens (tertiary/aromatic N) is 1. The van der Waals surface area contributed by atoms with E-state index in [-0.39, 0.29) is 22.0 Å². The number of hydrogen-bond donors (Lipinski definition) is 1. The van der Waals surface area contributed by atoms with Gasteiger partial charge in [0.15, 0.2) is 0 Å². The number of hydrogen-bond acceptors (Lipinski definition) is 4. The summed E-state index contributed by atoms with van der Waals surface area (Å²) in [6.45, 7) is 0.0459. The monoisotopic (exact) mass is 432 g/mol. The zero-order valence-corrected chi connectivity index (χ0v) is 17.0. The van der Waals surface area contributed by atoms with Gasteiger partial charge in [-0.05, 0) is 35.9 Å². The van der Waals surface area contributed by atoms with E-state index in [1.807, 2.05) is 0 Å². The van der Waals surface area contributed by atoms with Gasteiger partial charge in [0.2, 0.25) is 10.0 Å². The highest BCUT2D eigenvalue weighted by atomic mass is 35.5. The Bertz CT molecular complexity index is 1150. The lowest BCUT2D eigenvalue weighted by atomic mass is 10.1. The number of nitrogens with one attached hydrogen (secondary N) is 1. The van der Waals surface area contributed by atoms with Gasteiger partial charge in [0.1, 0.15) is 22.6 Å². The molecule has 0 amide bonds. The number of para-hydroxylation sites is 1. The lowest BCUT2D eigenvalue weighted by molar-refractivity contribution is 0.329. The van der Waals surface area contributed by atoms with E-state index in [4.69, 9.17) is 16.3 Å². The van der Waals surface area contributed by atoms with E-state index in [2.05, 4.69) is 5.32 Å². The molecule has 0 fully saturated rings. The first-order valence-electron chi connectivity index (χ1n) is 8.86. The number of sulfonamides is 1. The fraction of sp³-hybridized carbons (Fsp3) is 0.143. The minimum Gasteiger partial charge on any atom is -0.497 e. The van der Waals surface area contributed by atoms with Gasteiger partial charge in [-0.2, -0.15) is 4.31 Å². The number of rotatable bonds is 4. The van der Waals surface area contributed by atoms with Crippen LogP contribution in [0, 0.1) is 5.82 Å². The van der Waals surface area contributed by atoms with Crippen LogP contribution in [0.4, 0.5) is 10.1 Å². The summed E-state index contributed by atoms with van der Waals surface area (Å²) in [7, 11) is -2.34. The molecule has 5 nitrogen and oxygen atoms in total. The van der Waals surface area contributed by atoms with Crippen LogP contribution in [0.15, 0.2) is 71.6 Å². The second-order valence-corrected chi connectivity index (χ2v) is 8.85. The molecule has 0 saturated heterocycles. The fourth-order valence-electron chi connectivity index (χ4n) is 3.35. The molecule has 0 aromatic heterocycles. The van der Waals surface area contributed by atoms with E-state index in [1.54, 1.807) is 55.6 Å². The van der Waals surface area contributed by atoms with Crippen molar-refractivity contribution in [3.63, 3.8) is 0 Å². The third kappa shape index (κ3) is 3.57. The smallest absolute Gasteiger partial charge is 0.247 e. The first-order valence-corrected chi connectivity index (χ1v) is 10.7. The third-order valence-electron chi connectivity index (χ3n) is 4.83. The van der Waals surface area contributed by atoms with E-state index < -0.39 is 22.0 Å². The highest BCUT2D eigenvalue weighted by Crippen LogP contribution is 2.40. The van der Waals surface area contributed by atoms with E-state index in [9.17, 15) is 12.8 Å². The molecule has 0 bridgehead atoms. The maximum atomic E-state index is 14.8. The van der Waals surface area contributed by atoms with Crippen molar-refractivity contribution in [2.24, 2.45) is 0 Å². The highest BCUT2D eigenvalue weighted by molar-refractivity contribution is 7.89. The number of methoxy groups -OCH3 is 1. The largest absolute Gasteiger partial charge is 0.497 e. The zero-order chi connectivity index (χ0) is 20.6. The van der Waals surface area contributed by atoms with Gasteiger partial charge < -0.3 is 10.1 Å². The van der Waals surface area contributed by atoms with Crippen LogP contribution in [0.3, 0.4) is 0 Å². The number of fused-ring (bicyclic) bond motifs is 1. The summed E-state index contributed by atoms with van der Waals surface area (Å²) < 4.78 is 48.0. The molecular formula is C21H18ClFN2O3S. The highest BCUT2D eigenvalue weighted by Gasteiger charge is 2.40. The molecule has 0 saturated carbocycles.